The molecule has 1 fully saturated rings. The Bertz CT molecular complexity index is 170. The van der Waals surface area contributed by atoms with Gasteiger partial charge in [0.25, 0.3) is 0 Å². The summed E-state index contributed by atoms with van der Waals surface area (Å²) in [4.78, 5) is 4.87. The van der Waals surface area contributed by atoms with Crippen LogP contribution in [0.15, 0.2) is 5.16 Å². The molecule has 0 heterocycles. The second kappa shape index (κ2) is 4.79. The molecule has 1 aliphatic rings. The van der Waals surface area contributed by atoms with Crippen LogP contribution in [0.25, 0.3) is 0 Å². The average Bonchev–Trinajstić information content (AvgIpc) is 2.07. The van der Waals surface area contributed by atoms with E-state index in [1.807, 2.05) is 0 Å². The maximum atomic E-state index is 5.00. The van der Waals surface area contributed by atoms with E-state index >= 15 is 0 Å². The van der Waals surface area contributed by atoms with Crippen molar-refractivity contribution >= 4 is 5.71 Å². The summed E-state index contributed by atoms with van der Waals surface area (Å²) in [6.07, 6.45) is 11.0. The molecule has 1 saturated carbocycles. The highest BCUT2D eigenvalue weighted by molar-refractivity contribution is 5.84. The lowest BCUT2D eigenvalue weighted by Gasteiger charge is -2.10. The first-order valence-corrected chi connectivity index (χ1v) is 4.04. The molecule has 0 saturated heterocycles. The standard InChI is InChI=1S/C9H13NO/c1-2-8-11-10-9-6-4-3-5-7-9/h1H,3-8H2. The first kappa shape index (κ1) is 8.13. The summed E-state index contributed by atoms with van der Waals surface area (Å²) < 4.78 is 0. The van der Waals surface area contributed by atoms with Crippen LogP contribution in [0.1, 0.15) is 32.1 Å². The van der Waals surface area contributed by atoms with E-state index in [2.05, 4.69) is 11.1 Å². The topological polar surface area (TPSA) is 21.6 Å². The molecule has 0 spiro atoms. The van der Waals surface area contributed by atoms with E-state index in [-0.39, 0.29) is 0 Å². The fourth-order valence-corrected chi connectivity index (χ4v) is 1.21. The third-order valence-corrected chi connectivity index (χ3v) is 1.77. The average molecular weight is 151 g/mol. The molecular weight excluding hydrogens is 138 g/mol. The molecule has 0 bridgehead atoms. The molecular formula is C9H13NO. The van der Waals surface area contributed by atoms with Crippen molar-refractivity contribution < 1.29 is 4.84 Å². The zero-order valence-corrected chi connectivity index (χ0v) is 6.68. The van der Waals surface area contributed by atoms with Gasteiger partial charge in [-0.1, -0.05) is 17.5 Å². The summed E-state index contributed by atoms with van der Waals surface area (Å²) in [5, 5.41) is 3.95. The number of rotatable bonds is 2. The highest BCUT2D eigenvalue weighted by Crippen LogP contribution is 2.14. The molecule has 0 aliphatic heterocycles. The van der Waals surface area contributed by atoms with Crippen LogP contribution in [0, 0.1) is 12.3 Å². The molecule has 0 aromatic heterocycles. The predicted molar refractivity (Wildman–Crippen MR) is 45.3 cm³/mol. The monoisotopic (exact) mass is 151 g/mol. The third kappa shape index (κ3) is 3.08. The zero-order chi connectivity index (χ0) is 7.94. The van der Waals surface area contributed by atoms with Crippen LogP contribution in [0.2, 0.25) is 0 Å². The number of terminal acetylenes is 1. The lowest BCUT2D eigenvalue weighted by molar-refractivity contribution is 0.177. The van der Waals surface area contributed by atoms with Gasteiger partial charge in [0.1, 0.15) is 0 Å². The molecule has 60 valence electrons. The van der Waals surface area contributed by atoms with Gasteiger partial charge in [0.2, 0.25) is 0 Å². The maximum absolute atomic E-state index is 5.00. The van der Waals surface area contributed by atoms with Gasteiger partial charge in [-0.2, -0.15) is 0 Å². The fourth-order valence-electron chi connectivity index (χ4n) is 1.21. The van der Waals surface area contributed by atoms with Gasteiger partial charge >= 0.3 is 0 Å². The van der Waals surface area contributed by atoms with Crippen molar-refractivity contribution in [1.82, 2.24) is 0 Å². The number of hydrogen-bond acceptors (Lipinski definition) is 2. The molecule has 2 nitrogen and oxygen atoms in total. The van der Waals surface area contributed by atoms with Crippen LogP contribution in [-0.2, 0) is 4.84 Å². The molecule has 1 aliphatic carbocycles. The Balaban J connectivity index is 2.22. The van der Waals surface area contributed by atoms with Gasteiger partial charge in [-0.25, -0.2) is 0 Å². The van der Waals surface area contributed by atoms with Crippen molar-refractivity contribution in [3.05, 3.63) is 0 Å². The van der Waals surface area contributed by atoms with E-state index in [1.165, 1.54) is 25.0 Å². The van der Waals surface area contributed by atoms with Crippen molar-refractivity contribution in [3.8, 4) is 12.3 Å². The Kier molecular flexibility index (Phi) is 3.54. The Morgan fingerprint density at radius 3 is 2.73 bits per heavy atom. The first-order valence-electron chi connectivity index (χ1n) is 4.04. The van der Waals surface area contributed by atoms with E-state index in [0.717, 1.165) is 12.8 Å². The van der Waals surface area contributed by atoms with Gasteiger partial charge < -0.3 is 4.84 Å². The smallest absolute Gasteiger partial charge is 0.177 e. The summed E-state index contributed by atoms with van der Waals surface area (Å²) in [6.45, 7) is 0.295. The van der Waals surface area contributed by atoms with Crippen LogP contribution >= 0.6 is 0 Å². The zero-order valence-electron chi connectivity index (χ0n) is 6.68. The van der Waals surface area contributed by atoms with Gasteiger partial charge in [0.05, 0.1) is 5.71 Å². The van der Waals surface area contributed by atoms with Crippen LogP contribution in [0.4, 0.5) is 0 Å². The second-order valence-corrected chi connectivity index (χ2v) is 2.70. The Morgan fingerprint density at radius 1 is 1.36 bits per heavy atom. The van der Waals surface area contributed by atoms with E-state index < -0.39 is 0 Å². The summed E-state index contributed by atoms with van der Waals surface area (Å²) in [6, 6.07) is 0. The van der Waals surface area contributed by atoms with Crippen molar-refractivity contribution in [2.75, 3.05) is 6.61 Å². The van der Waals surface area contributed by atoms with E-state index in [0.29, 0.717) is 6.61 Å². The van der Waals surface area contributed by atoms with Crippen LogP contribution in [0.3, 0.4) is 0 Å². The Morgan fingerprint density at radius 2 is 2.09 bits per heavy atom. The molecule has 0 radical (unpaired) electrons. The minimum Gasteiger partial charge on any atom is -0.383 e. The SMILES string of the molecule is C#CCON=C1CCCCC1. The molecule has 0 amide bonds. The van der Waals surface area contributed by atoms with E-state index in [4.69, 9.17) is 11.3 Å². The largest absolute Gasteiger partial charge is 0.383 e. The van der Waals surface area contributed by atoms with Crippen molar-refractivity contribution in [2.45, 2.75) is 32.1 Å². The molecule has 1 rings (SSSR count). The summed E-state index contributed by atoms with van der Waals surface area (Å²) in [7, 11) is 0. The highest BCUT2D eigenvalue weighted by Gasteiger charge is 2.06. The third-order valence-electron chi connectivity index (χ3n) is 1.77. The van der Waals surface area contributed by atoms with Crippen molar-refractivity contribution in [3.63, 3.8) is 0 Å². The lowest BCUT2D eigenvalue weighted by atomic mass is 9.99. The summed E-state index contributed by atoms with van der Waals surface area (Å²) in [5.74, 6) is 2.38. The van der Waals surface area contributed by atoms with Gasteiger partial charge in [-0.15, -0.1) is 6.42 Å². The minimum absolute atomic E-state index is 0.295. The quantitative estimate of drug-likeness (QED) is 0.336. The van der Waals surface area contributed by atoms with E-state index in [1.54, 1.807) is 0 Å². The highest BCUT2D eigenvalue weighted by atomic mass is 16.6. The molecule has 2 heteroatoms. The van der Waals surface area contributed by atoms with Crippen molar-refractivity contribution in [2.24, 2.45) is 5.16 Å². The normalized spacial score (nSPS) is 17.2. The molecule has 0 aromatic carbocycles. The molecule has 11 heavy (non-hydrogen) atoms. The first-order chi connectivity index (χ1) is 5.43. The van der Waals surface area contributed by atoms with Crippen LogP contribution < -0.4 is 0 Å². The van der Waals surface area contributed by atoms with Gasteiger partial charge in [0, 0.05) is 0 Å². The van der Waals surface area contributed by atoms with Gasteiger partial charge in [-0.05, 0) is 25.7 Å². The summed E-state index contributed by atoms with van der Waals surface area (Å²) in [5.41, 5.74) is 1.17. The van der Waals surface area contributed by atoms with Crippen molar-refractivity contribution in [1.29, 1.82) is 0 Å². The Hall–Kier alpha value is -0.970. The second-order valence-electron chi connectivity index (χ2n) is 2.70. The number of oxime groups is 1. The maximum Gasteiger partial charge on any atom is 0.177 e. The number of hydrogen-bond donors (Lipinski definition) is 0. The fraction of sp³-hybridized carbons (Fsp3) is 0.667. The Labute approximate surface area is 67.6 Å². The van der Waals surface area contributed by atoms with E-state index in [9.17, 15) is 0 Å². The van der Waals surface area contributed by atoms with Gasteiger partial charge in [-0.3, -0.25) is 0 Å². The number of nitrogens with zero attached hydrogens (tertiary/aromatic N) is 1. The van der Waals surface area contributed by atoms with Crippen LogP contribution in [0.5, 0.6) is 0 Å². The van der Waals surface area contributed by atoms with Gasteiger partial charge in [0.15, 0.2) is 6.61 Å². The summed E-state index contributed by atoms with van der Waals surface area (Å²) >= 11 is 0. The minimum atomic E-state index is 0.295. The predicted octanol–water partition coefficient (Wildman–Crippen LogP) is 1.96. The van der Waals surface area contributed by atoms with Crippen LogP contribution in [-0.4, -0.2) is 12.3 Å². The molecule has 0 unspecified atom stereocenters. The molecule has 0 atom stereocenters. The molecule has 0 aromatic rings. The molecule has 0 N–H and O–H groups in total. The lowest BCUT2D eigenvalue weighted by Crippen LogP contribution is -2.05.